The van der Waals surface area contributed by atoms with Crippen molar-refractivity contribution in [3.8, 4) is 0 Å². The maximum absolute atomic E-state index is 13.9. The molecule has 3 heterocycles. The average molecular weight is 507 g/mol. The molecule has 4 nitrogen and oxygen atoms in total. The Morgan fingerprint density at radius 3 is 1.97 bits per heavy atom. The number of hydrogen-bond acceptors (Lipinski definition) is 4. The molecule has 2 aromatic rings. The van der Waals surface area contributed by atoms with Crippen LogP contribution < -0.4 is 9.80 Å². The molecule has 0 atom stereocenters. The van der Waals surface area contributed by atoms with Crippen molar-refractivity contribution in [1.29, 1.82) is 0 Å². The predicted octanol–water partition coefficient (Wildman–Crippen LogP) is 5.75. The molecule has 0 radical (unpaired) electrons. The molecule has 0 aromatic heterocycles. The molecule has 0 aliphatic carbocycles. The largest absolute Gasteiger partial charge is 0.416 e. The van der Waals surface area contributed by atoms with Gasteiger partial charge in [0.25, 0.3) is 0 Å². The second-order valence-corrected chi connectivity index (χ2v) is 10.5. The first-order valence-corrected chi connectivity index (χ1v) is 13.2. The van der Waals surface area contributed by atoms with Crippen LogP contribution in [0.1, 0.15) is 36.8 Å². The topological polar surface area (TPSA) is 13.0 Å². The number of benzene rings is 2. The minimum absolute atomic E-state index is 0.321. The summed E-state index contributed by atoms with van der Waals surface area (Å²) in [6.45, 7) is 7.55. The van der Waals surface area contributed by atoms with Gasteiger partial charge in [-0.2, -0.15) is 13.2 Å². The van der Waals surface area contributed by atoms with E-state index in [9.17, 15) is 13.2 Å². The van der Waals surface area contributed by atoms with Gasteiger partial charge >= 0.3 is 6.18 Å². The van der Waals surface area contributed by atoms with E-state index in [2.05, 4.69) is 19.6 Å². The van der Waals surface area contributed by atoms with E-state index >= 15 is 0 Å². The Labute approximate surface area is 211 Å². The number of halogens is 4. The van der Waals surface area contributed by atoms with Crippen molar-refractivity contribution in [1.82, 2.24) is 9.80 Å². The van der Waals surface area contributed by atoms with E-state index in [-0.39, 0.29) is 0 Å². The summed E-state index contributed by atoms with van der Waals surface area (Å²) in [5.41, 5.74) is 1.90. The molecule has 0 unspecified atom stereocenters. The number of hydrogen-bond donors (Lipinski definition) is 0. The van der Waals surface area contributed by atoms with Crippen LogP contribution in [-0.4, -0.2) is 68.2 Å². The van der Waals surface area contributed by atoms with Gasteiger partial charge in [-0.15, -0.1) is 0 Å². The third kappa shape index (κ3) is 5.89. The highest BCUT2D eigenvalue weighted by Crippen LogP contribution is 2.36. The van der Waals surface area contributed by atoms with Crippen LogP contribution in [0.15, 0.2) is 42.5 Å². The van der Waals surface area contributed by atoms with E-state index in [1.807, 2.05) is 24.3 Å². The molecule has 0 amide bonds. The summed E-state index contributed by atoms with van der Waals surface area (Å²) in [5, 5.41) is 0.701. The fourth-order valence-corrected chi connectivity index (χ4v) is 5.96. The van der Waals surface area contributed by atoms with Crippen LogP contribution >= 0.6 is 11.6 Å². The minimum Gasteiger partial charge on any atom is -0.371 e. The molecule has 35 heavy (non-hydrogen) atoms. The highest BCUT2D eigenvalue weighted by molar-refractivity contribution is 6.30. The van der Waals surface area contributed by atoms with Gasteiger partial charge in [0.2, 0.25) is 0 Å². The van der Waals surface area contributed by atoms with Crippen molar-refractivity contribution in [3.63, 3.8) is 0 Å². The van der Waals surface area contributed by atoms with Gasteiger partial charge in [-0.05, 0) is 86.8 Å². The van der Waals surface area contributed by atoms with Crippen molar-refractivity contribution in [2.75, 3.05) is 62.2 Å². The van der Waals surface area contributed by atoms with Crippen LogP contribution in [0.25, 0.3) is 0 Å². The Bertz CT molecular complexity index is 975. The molecule has 0 saturated carbocycles. The lowest BCUT2D eigenvalue weighted by Crippen LogP contribution is -2.46. The normalized spacial score (nSPS) is 21.1. The Hall–Kier alpha value is -1.96. The number of piperazine rings is 1. The van der Waals surface area contributed by atoms with E-state index in [1.165, 1.54) is 32.0 Å². The Kier molecular flexibility index (Phi) is 7.47. The Morgan fingerprint density at radius 2 is 1.34 bits per heavy atom. The molecule has 3 saturated heterocycles. The van der Waals surface area contributed by atoms with Crippen molar-refractivity contribution in [3.05, 3.63) is 58.6 Å². The fourth-order valence-electron chi connectivity index (χ4n) is 5.84. The highest BCUT2D eigenvalue weighted by Gasteiger charge is 2.35. The third-order valence-electron chi connectivity index (χ3n) is 7.84. The molecule has 3 fully saturated rings. The summed E-state index contributed by atoms with van der Waals surface area (Å²) in [7, 11) is 0. The molecule has 0 bridgehead atoms. The Balaban J connectivity index is 1.24. The van der Waals surface area contributed by atoms with Crippen LogP contribution in [0.5, 0.6) is 0 Å². The van der Waals surface area contributed by atoms with Crippen LogP contribution in [0.4, 0.5) is 24.5 Å². The third-order valence-corrected chi connectivity index (χ3v) is 8.09. The van der Waals surface area contributed by atoms with Crippen LogP contribution in [0.2, 0.25) is 5.02 Å². The SMILES string of the molecule is FC(F)(F)c1ccc(N2CCC(N3CCCC3)CC2)cc1CN1CCN(c2ccc(Cl)cc2)CC1. The molecule has 0 spiro atoms. The molecule has 0 N–H and O–H groups in total. The molecule has 3 aliphatic rings. The van der Waals surface area contributed by atoms with Crippen LogP contribution in [0.3, 0.4) is 0 Å². The Morgan fingerprint density at radius 1 is 0.743 bits per heavy atom. The molecular weight excluding hydrogens is 473 g/mol. The molecule has 5 rings (SSSR count). The van der Waals surface area contributed by atoms with Gasteiger partial charge in [-0.3, -0.25) is 4.90 Å². The lowest BCUT2D eigenvalue weighted by Gasteiger charge is -2.38. The van der Waals surface area contributed by atoms with Gasteiger partial charge in [0.15, 0.2) is 0 Å². The smallest absolute Gasteiger partial charge is 0.371 e. The molecule has 8 heteroatoms. The number of alkyl halides is 3. The quantitative estimate of drug-likeness (QED) is 0.512. The fraction of sp³-hybridized carbons (Fsp3) is 0.556. The molecule has 190 valence electrons. The summed E-state index contributed by atoms with van der Waals surface area (Å²) in [4.78, 5) is 9.27. The summed E-state index contributed by atoms with van der Waals surface area (Å²) >= 11 is 6.00. The summed E-state index contributed by atoms with van der Waals surface area (Å²) in [6.07, 6.45) is 0.403. The van der Waals surface area contributed by atoms with E-state index in [0.717, 1.165) is 63.5 Å². The molecule has 3 aliphatic heterocycles. The van der Waals surface area contributed by atoms with Crippen molar-refractivity contribution >= 4 is 23.0 Å². The minimum atomic E-state index is -4.35. The summed E-state index contributed by atoms with van der Waals surface area (Å²) in [5.74, 6) is 0. The number of nitrogens with zero attached hydrogens (tertiary/aromatic N) is 4. The lowest BCUT2D eigenvalue weighted by atomic mass is 10.0. The van der Waals surface area contributed by atoms with E-state index < -0.39 is 11.7 Å². The van der Waals surface area contributed by atoms with Crippen LogP contribution in [0, 0.1) is 0 Å². The second-order valence-electron chi connectivity index (χ2n) is 10.0. The predicted molar refractivity (Wildman–Crippen MR) is 136 cm³/mol. The van der Waals surface area contributed by atoms with Crippen molar-refractivity contribution in [2.24, 2.45) is 0 Å². The maximum atomic E-state index is 13.9. The first-order chi connectivity index (χ1) is 16.9. The number of likely N-dealkylation sites (tertiary alicyclic amines) is 1. The number of piperidine rings is 1. The lowest BCUT2D eigenvalue weighted by molar-refractivity contribution is -0.138. The van der Waals surface area contributed by atoms with Gasteiger partial charge in [0.1, 0.15) is 0 Å². The van der Waals surface area contributed by atoms with Gasteiger partial charge in [0, 0.05) is 68.3 Å². The molecule has 2 aromatic carbocycles. The maximum Gasteiger partial charge on any atom is 0.416 e. The summed E-state index contributed by atoms with van der Waals surface area (Å²) < 4.78 is 41.6. The monoisotopic (exact) mass is 506 g/mol. The first-order valence-electron chi connectivity index (χ1n) is 12.8. The van der Waals surface area contributed by atoms with E-state index in [4.69, 9.17) is 11.6 Å². The zero-order chi connectivity index (χ0) is 24.4. The summed E-state index contributed by atoms with van der Waals surface area (Å²) in [6, 6.07) is 13.1. The van der Waals surface area contributed by atoms with Gasteiger partial charge in [-0.1, -0.05) is 11.6 Å². The van der Waals surface area contributed by atoms with Gasteiger partial charge in [0.05, 0.1) is 5.56 Å². The second kappa shape index (κ2) is 10.6. The zero-order valence-electron chi connectivity index (χ0n) is 20.1. The first kappa shape index (κ1) is 24.7. The van der Waals surface area contributed by atoms with Gasteiger partial charge in [-0.25, -0.2) is 0 Å². The van der Waals surface area contributed by atoms with E-state index in [0.29, 0.717) is 23.2 Å². The highest BCUT2D eigenvalue weighted by atomic mass is 35.5. The van der Waals surface area contributed by atoms with Crippen LogP contribution in [-0.2, 0) is 12.7 Å². The average Bonchev–Trinajstić information content (AvgIpc) is 3.40. The number of rotatable bonds is 5. The van der Waals surface area contributed by atoms with E-state index in [1.54, 1.807) is 12.1 Å². The van der Waals surface area contributed by atoms with Gasteiger partial charge < -0.3 is 14.7 Å². The zero-order valence-corrected chi connectivity index (χ0v) is 20.9. The standard InChI is InChI=1S/C27H34ClF3N4/c28-22-3-5-23(6-4-22)35-17-15-32(16-18-35)20-21-19-25(7-8-26(21)27(29,30)31)34-13-9-24(10-14-34)33-11-1-2-12-33/h3-8,19,24H,1-2,9-18,20H2. The number of anilines is 2. The van der Waals surface area contributed by atoms with Crippen molar-refractivity contribution in [2.45, 2.75) is 44.4 Å². The van der Waals surface area contributed by atoms with Crippen molar-refractivity contribution < 1.29 is 13.2 Å². The molecular formula is C27H34ClF3N4.